The Labute approximate surface area is 64.2 Å². The minimum atomic E-state index is 0.750. The fourth-order valence-corrected chi connectivity index (χ4v) is 1.74. The quantitative estimate of drug-likeness (QED) is 0.434. The molecule has 0 bridgehead atoms. The van der Waals surface area contributed by atoms with Gasteiger partial charge in [-0.15, -0.1) is 0 Å². The van der Waals surface area contributed by atoms with E-state index in [4.69, 9.17) is 0 Å². The lowest BCUT2D eigenvalue weighted by molar-refractivity contribution is -1.05. The van der Waals surface area contributed by atoms with Crippen LogP contribution in [0.5, 0.6) is 0 Å². The zero-order valence-corrected chi connectivity index (χ0v) is 7.89. The molecule has 0 radical (unpaired) electrons. The van der Waals surface area contributed by atoms with Crippen molar-refractivity contribution in [3.05, 3.63) is 0 Å². The summed E-state index contributed by atoms with van der Waals surface area (Å²) in [6.45, 7) is 4.97. The van der Waals surface area contributed by atoms with Gasteiger partial charge in [0.05, 0.1) is 28.2 Å². The maximum atomic E-state index is 2.34. The molecule has 0 atom stereocenters. The van der Waals surface area contributed by atoms with Crippen LogP contribution in [0.1, 0.15) is 6.92 Å². The van der Waals surface area contributed by atoms with Crippen molar-refractivity contribution in [2.75, 3.05) is 41.3 Å². The molecule has 1 heterocycles. The summed E-state index contributed by atoms with van der Waals surface area (Å²) in [5, 5.41) is 0. The molecular weight excluding hydrogens is 124 g/mol. The fraction of sp³-hybridized carbons (Fsp3) is 1.00. The van der Waals surface area contributed by atoms with Gasteiger partial charge in [0.1, 0.15) is 13.1 Å². The molecule has 0 unspecified atom stereocenters. The normalized spacial score (nSPS) is 30.9. The predicted octanol–water partition coefficient (Wildman–Crippen LogP) is 0.499. The van der Waals surface area contributed by atoms with E-state index in [9.17, 15) is 0 Å². The number of likely N-dealkylation sites (N-methyl/N-ethyl adjacent to an activating group) is 2. The minimum Gasteiger partial charge on any atom is -0.275 e. The van der Waals surface area contributed by atoms with Gasteiger partial charge in [-0.2, -0.15) is 0 Å². The van der Waals surface area contributed by atoms with Crippen molar-refractivity contribution in [3.63, 3.8) is 0 Å². The molecular formula is C8H20N2+2. The van der Waals surface area contributed by atoms with Gasteiger partial charge in [-0.1, -0.05) is 0 Å². The first-order valence-corrected chi connectivity index (χ1v) is 4.02. The highest BCUT2D eigenvalue weighted by molar-refractivity contribution is 4.47. The molecule has 0 saturated carbocycles. The van der Waals surface area contributed by atoms with Crippen LogP contribution in [0, 0.1) is 0 Å². The summed E-state index contributed by atoms with van der Waals surface area (Å²) in [7, 11) is 9.27. The second-order valence-electron chi connectivity index (χ2n) is 4.64. The summed E-state index contributed by atoms with van der Waals surface area (Å²) in [6, 6.07) is 0. The molecule has 2 heteroatoms. The molecule has 10 heavy (non-hydrogen) atoms. The Morgan fingerprint density at radius 1 is 0.900 bits per heavy atom. The van der Waals surface area contributed by atoms with E-state index in [1.807, 2.05) is 0 Å². The maximum Gasteiger partial charge on any atom is 0.213 e. The van der Waals surface area contributed by atoms with Crippen LogP contribution in [0.4, 0.5) is 0 Å². The molecule has 1 saturated heterocycles. The summed E-state index contributed by atoms with van der Waals surface area (Å²) in [6.07, 6.45) is 0.750. The van der Waals surface area contributed by atoms with Crippen molar-refractivity contribution in [1.82, 2.24) is 0 Å². The van der Waals surface area contributed by atoms with Gasteiger partial charge in [0.2, 0.25) is 6.17 Å². The second kappa shape index (κ2) is 1.95. The summed E-state index contributed by atoms with van der Waals surface area (Å²) in [4.78, 5) is 0. The van der Waals surface area contributed by atoms with E-state index >= 15 is 0 Å². The second-order valence-corrected chi connectivity index (χ2v) is 4.64. The first-order chi connectivity index (χ1) is 4.36. The molecule has 0 spiro atoms. The van der Waals surface area contributed by atoms with Crippen molar-refractivity contribution >= 4 is 0 Å². The Kier molecular flexibility index (Phi) is 1.57. The van der Waals surface area contributed by atoms with Crippen molar-refractivity contribution in [2.45, 2.75) is 13.1 Å². The van der Waals surface area contributed by atoms with Crippen LogP contribution in [0.15, 0.2) is 0 Å². The summed E-state index contributed by atoms with van der Waals surface area (Å²) < 4.78 is 2.35. The van der Waals surface area contributed by atoms with E-state index in [-0.39, 0.29) is 0 Å². The molecule has 0 aromatic heterocycles. The van der Waals surface area contributed by atoms with E-state index < -0.39 is 0 Å². The zero-order valence-electron chi connectivity index (χ0n) is 7.89. The van der Waals surface area contributed by atoms with Crippen LogP contribution in [0.3, 0.4) is 0 Å². The summed E-state index contributed by atoms with van der Waals surface area (Å²) in [5.74, 6) is 0. The highest BCUT2D eigenvalue weighted by atomic mass is 15.6. The zero-order chi connectivity index (χ0) is 7.99. The van der Waals surface area contributed by atoms with Gasteiger partial charge in [-0.3, -0.25) is 8.97 Å². The van der Waals surface area contributed by atoms with E-state index in [0.29, 0.717) is 0 Å². The number of rotatable bonds is 0. The van der Waals surface area contributed by atoms with Crippen molar-refractivity contribution in [3.8, 4) is 0 Å². The van der Waals surface area contributed by atoms with Gasteiger partial charge in [-0.05, 0) is 0 Å². The SMILES string of the molecule is CC1[N+](C)(C)CC[N+]1(C)C. The number of nitrogens with zero attached hydrogens (tertiary/aromatic N) is 2. The van der Waals surface area contributed by atoms with Gasteiger partial charge in [0.15, 0.2) is 0 Å². The van der Waals surface area contributed by atoms with Crippen LogP contribution in [-0.4, -0.2) is 56.4 Å². The molecule has 2 nitrogen and oxygen atoms in total. The topological polar surface area (TPSA) is 0 Å². The highest BCUT2D eigenvalue weighted by Gasteiger charge is 2.45. The van der Waals surface area contributed by atoms with Crippen LogP contribution in [0.25, 0.3) is 0 Å². The van der Waals surface area contributed by atoms with Gasteiger partial charge in [0.25, 0.3) is 0 Å². The summed E-state index contributed by atoms with van der Waals surface area (Å²) >= 11 is 0. The van der Waals surface area contributed by atoms with E-state index in [1.165, 1.54) is 22.1 Å². The average Bonchev–Trinajstić information content (AvgIpc) is 1.95. The van der Waals surface area contributed by atoms with Gasteiger partial charge in [-0.25, -0.2) is 0 Å². The number of hydrogen-bond acceptors (Lipinski definition) is 0. The largest absolute Gasteiger partial charge is 0.275 e. The smallest absolute Gasteiger partial charge is 0.213 e. The molecule has 1 rings (SSSR count). The van der Waals surface area contributed by atoms with Crippen LogP contribution >= 0.6 is 0 Å². The predicted molar refractivity (Wildman–Crippen MR) is 43.4 cm³/mol. The lowest BCUT2D eigenvalue weighted by atomic mass is 10.4. The molecule has 1 fully saturated rings. The van der Waals surface area contributed by atoms with Crippen LogP contribution in [-0.2, 0) is 0 Å². The van der Waals surface area contributed by atoms with Gasteiger partial charge >= 0.3 is 0 Å². The standard InChI is InChI=1S/C8H20N2/c1-8-9(2,3)6-7-10(8,4)5/h8H,6-7H2,1-5H3/q+2. The molecule has 0 amide bonds. The third kappa shape index (κ3) is 1.06. The van der Waals surface area contributed by atoms with Crippen molar-refractivity contribution < 1.29 is 8.97 Å². The Bertz CT molecular complexity index is 122. The Hall–Kier alpha value is -0.0800. The Morgan fingerprint density at radius 2 is 1.20 bits per heavy atom. The lowest BCUT2D eigenvalue weighted by Crippen LogP contribution is -2.53. The van der Waals surface area contributed by atoms with Crippen molar-refractivity contribution in [1.29, 1.82) is 0 Å². The maximum absolute atomic E-state index is 2.34. The molecule has 0 aromatic rings. The Balaban J connectivity index is 2.77. The van der Waals surface area contributed by atoms with Gasteiger partial charge < -0.3 is 0 Å². The van der Waals surface area contributed by atoms with E-state index in [0.717, 1.165) is 6.17 Å². The fourth-order valence-electron chi connectivity index (χ4n) is 1.74. The number of hydrogen-bond donors (Lipinski definition) is 0. The lowest BCUT2D eigenvalue weighted by Gasteiger charge is -2.33. The third-order valence-electron chi connectivity index (χ3n) is 3.28. The van der Waals surface area contributed by atoms with Gasteiger partial charge in [0, 0.05) is 6.92 Å². The monoisotopic (exact) mass is 144 g/mol. The van der Waals surface area contributed by atoms with Crippen LogP contribution < -0.4 is 0 Å². The molecule has 1 aliphatic heterocycles. The minimum absolute atomic E-state index is 0.750. The first-order valence-electron chi connectivity index (χ1n) is 4.02. The highest BCUT2D eigenvalue weighted by Crippen LogP contribution is 2.22. The molecule has 0 aromatic carbocycles. The molecule has 60 valence electrons. The third-order valence-corrected chi connectivity index (χ3v) is 3.28. The average molecular weight is 144 g/mol. The number of quaternary nitrogens is 2. The molecule has 0 N–H and O–H groups in total. The first kappa shape index (κ1) is 8.02. The van der Waals surface area contributed by atoms with Crippen molar-refractivity contribution in [2.24, 2.45) is 0 Å². The molecule has 0 aliphatic carbocycles. The van der Waals surface area contributed by atoms with E-state index in [2.05, 4.69) is 35.1 Å². The summed E-state index contributed by atoms with van der Waals surface area (Å²) in [5.41, 5.74) is 0. The van der Waals surface area contributed by atoms with Crippen LogP contribution in [0.2, 0.25) is 0 Å². The Morgan fingerprint density at radius 3 is 1.30 bits per heavy atom. The van der Waals surface area contributed by atoms with E-state index in [1.54, 1.807) is 0 Å². The molecule has 1 aliphatic rings.